The van der Waals surface area contributed by atoms with Crippen molar-refractivity contribution in [2.75, 3.05) is 6.61 Å². The monoisotopic (exact) mass is 256 g/mol. The first-order valence-electron chi connectivity index (χ1n) is 4.82. The Morgan fingerprint density at radius 2 is 2.00 bits per heavy atom. The largest absolute Gasteiger partial charge is 0.396 e. The van der Waals surface area contributed by atoms with Gasteiger partial charge in [0.1, 0.15) is 5.82 Å². The van der Waals surface area contributed by atoms with Crippen LogP contribution in [0.15, 0.2) is 24.3 Å². The third-order valence-corrected chi connectivity index (χ3v) is 2.86. The molecule has 0 amide bonds. The molecule has 2 rings (SSSR count). The summed E-state index contributed by atoms with van der Waals surface area (Å²) in [6.07, 6.45) is 0.455. The standard InChI is InChI=1S/C11H10Cl2N2O/c12-8-4-2-1-3-7(8)11-14-9(5-6-16)10(13)15-11/h1-4,16H,5-6H2,(H,14,15). The van der Waals surface area contributed by atoms with Gasteiger partial charge in [-0.3, -0.25) is 0 Å². The minimum Gasteiger partial charge on any atom is -0.396 e. The number of hydrogen-bond donors (Lipinski definition) is 2. The van der Waals surface area contributed by atoms with E-state index >= 15 is 0 Å². The van der Waals surface area contributed by atoms with Crippen molar-refractivity contribution in [3.63, 3.8) is 0 Å². The van der Waals surface area contributed by atoms with E-state index in [4.69, 9.17) is 28.3 Å². The lowest BCUT2D eigenvalue weighted by Gasteiger charge is -1.98. The van der Waals surface area contributed by atoms with Gasteiger partial charge in [-0.15, -0.1) is 0 Å². The van der Waals surface area contributed by atoms with Gasteiger partial charge in [-0.1, -0.05) is 35.3 Å². The van der Waals surface area contributed by atoms with Gasteiger partial charge in [-0.2, -0.15) is 0 Å². The minimum atomic E-state index is 0.0316. The highest BCUT2D eigenvalue weighted by Crippen LogP contribution is 2.27. The highest BCUT2D eigenvalue weighted by molar-refractivity contribution is 6.33. The number of nitrogens with one attached hydrogen (secondary N) is 1. The Balaban J connectivity index is 2.42. The first-order valence-corrected chi connectivity index (χ1v) is 5.58. The molecule has 2 N–H and O–H groups in total. The average molecular weight is 257 g/mol. The third kappa shape index (κ3) is 2.21. The number of hydrogen-bond acceptors (Lipinski definition) is 2. The van der Waals surface area contributed by atoms with Crippen LogP contribution < -0.4 is 0 Å². The molecule has 1 aromatic heterocycles. The molecule has 5 heteroatoms. The fraction of sp³-hybridized carbons (Fsp3) is 0.182. The highest BCUT2D eigenvalue weighted by atomic mass is 35.5. The van der Waals surface area contributed by atoms with Crippen LogP contribution in [-0.4, -0.2) is 21.7 Å². The smallest absolute Gasteiger partial charge is 0.150 e. The summed E-state index contributed by atoms with van der Waals surface area (Å²) in [6.45, 7) is 0.0316. The molecule has 0 spiro atoms. The van der Waals surface area contributed by atoms with E-state index in [0.717, 1.165) is 11.3 Å². The van der Waals surface area contributed by atoms with Crippen molar-refractivity contribution in [2.45, 2.75) is 6.42 Å². The molecule has 0 atom stereocenters. The fourth-order valence-electron chi connectivity index (χ4n) is 1.45. The fourth-order valence-corrected chi connectivity index (χ4v) is 1.90. The van der Waals surface area contributed by atoms with Gasteiger partial charge in [-0.25, -0.2) is 4.98 Å². The molecule has 0 aliphatic carbocycles. The summed E-state index contributed by atoms with van der Waals surface area (Å²) in [5, 5.41) is 9.84. The zero-order chi connectivity index (χ0) is 11.5. The van der Waals surface area contributed by atoms with Crippen molar-refractivity contribution in [3.05, 3.63) is 40.1 Å². The van der Waals surface area contributed by atoms with Crippen molar-refractivity contribution < 1.29 is 5.11 Å². The Kier molecular flexibility index (Phi) is 3.49. The Labute approximate surface area is 103 Å². The van der Waals surface area contributed by atoms with E-state index in [9.17, 15) is 0 Å². The second kappa shape index (κ2) is 4.87. The number of aliphatic hydroxyl groups is 1. The summed E-state index contributed by atoms with van der Waals surface area (Å²) in [6, 6.07) is 7.38. The van der Waals surface area contributed by atoms with Gasteiger partial charge < -0.3 is 10.1 Å². The number of aromatic amines is 1. The van der Waals surface area contributed by atoms with Crippen molar-refractivity contribution >= 4 is 23.2 Å². The molecule has 0 unspecified atom stereocenters. The van der Waals surface area contributed by atoms with Crippen LogP contribution in [0.25, 0.3) is 11.4 Å². The molecule has 0 saturated heterocycles. The van der Waals surface area contributed by atoms with Crippen LogP contribution in [0, 0.1) is 0 Å². The molecule has 0 radical (unpaired) electrons. The Hall–Kier alpha value is -1.03. The number of aliphatic hydroxyl groups excluding tert-OH is 1. The zero-order valence-corrected chi connectivity index (χ0v) is 9.89. The molecular formula is C11H10Cl2N2O. The second-order valence-electron chi connectivity index (χ2n) is 3.31. The summed E-state index contributed by atoms with van der Waals surface area (Å²) >= 11 is 12.0. The average Bonchev–Trinajstić information content (AvgIpc) is 2.61. The van der Waals surface area contributed by atoms with E-state index in [1.165, 1.54) is 0 Å². The quantitative estimate of drug-likeness (QED) is 0.888. The van der Waals surface area contributed by atoms with Crippen LogP contribution in [0.2, 0.25) is 10.2 Å². The van der Waals surface area contributed by atoms with Crippen LogP contribution in [0.5, 0.6) is 0 Å². The first-order chi connectivity index (χ1) is 7.72. The Morgan fingerprint density at radius 3 is 2.69 bits per heavy atom. The first kappa shape index (κ1) is 11.5. The van der Waals surface area contributed by atoms with E-state index in [-0.39, 0.29) is 6.61 Å². The molecule has 16 heavy (non-hydrogen) atoms. The van der Waals surface area contributed by atoms with Gasteiger partial charge in [-0.05, 0) is 12.1 Å². The molecule has 0 fully saturated rings. The maximum atomic E-state index is 8.85. The lowest BCUT2D eigenvalue weighted by atomic mass is 10.2. The number of imidazole rings is 1. The van der Waals surface area contributed by atoms with E-state index in [0.29, 0.717) is 22.4 Å². The summed E-state index contributed by atoms with van der Waals surface area (Å²) in [7, 11) is 0. The van der Waals surface area contributed by atoms with Gasteiger partial charge in [0.2, 0.25) is 0 Å². The Morgan fingerprint density at radius 1 is 1.25 bits per heavy atom. The lowest BCUT2D eigenvalue weighted by Crippen LogP contribution is -1.91. The van der Waals surface area contributed by atoms with Gasteiger partial charge in [0.25, 0.3) is 0 Å². The number of rotatable bonds is 3. The van der Waals surface area contributed by atoms with Gasteiger partial charge in [0, 0.05) is 18.6 Å². The third-order valence-electron chi connectivity index (χ3n) is 2.22. The second-order valence-corrected chi connectivity index (χ2v) is 4.07. The lowest BCUT2D eigenvalue weighted by molar-refractivity contribution is 0.298. The number of benzene rings is 1. The summed E-state index contributed by atoms with van der Waals surface area (Å²) in [5.74, 6) is 0.624. The number of H-pyrrole nitrogens is 1. The molecule has 3 nitrogen and oxygen atoms in total. The van der Waals surface area contributed by atoms with Gasteiger partial charge in [0.15, 0.2) is 5.15 Å². The zero-order valence-electron chi connectivity index (χ0n) is 8.37. The molecule has 0 aliphatic rings. The van der Waals surface area contributed by atoms with Gasteiger partial charge in [0.05, 0.1) is 10.7 Å². The topological polar surface area (TPSA) is 48.9 Å². The number of aromatic nitrogens is 2. The SMILES string of the molecule is OCCc1[nH]c(-c2ccccc2Cl)nc1Cl. The Bertz CT molecular complexity index is 496. The van der Waals surface area contributed by atoms with Crippen molar-refractivity contribution in [1.82, 2.24) is 9.97 Å². The molecule has 84 valence electrons. The maximum absolute atomic E-state index is 8.85. The van der Waals surface area contributed by atoms with Crippen LogP contribution in [-0.2, 0) is 6.42 Å². The van der Waals surface area contributed by atoms with Crippen LogP contribution in [0.1, 0.15) is 5.69 Å². The van der Waals surface area contributed by atoms with E-state index in [1.54, 1.807) is 6.07 Å². The molecule has 1 heterocycles. The summed E-state index contributed by atoms with van der Waals surface area (Å²) in [5.41, 5.74) is 1.52. The van der Waals surface area contributed by atoms with E-state index in [1.807, 2.05) is 18.2 Å². The van der Waals surface area contributed by atoms with Crippen molar-refractivity contribution in [3.8, 4) is 11.4 Å². The minimum absolute atomic E-state index is 0.0316. The molecule has 1 aromatic carbocycles. The normalized spacial score (nSPS) is 10.7. The molecule has 0 bridgehead atoms. The van der Waals surface area contributed by atoms with Crippen molar-refractivity contribution in [1.29, 1.82) is 0 Å². The predicted octanol–water partition coefficient (Wildman–Crippen LogP) is 2.92. The van der Waals surface area contributed by atoms with Crippen LogP contribution in [0.4, 0.5) is 0 Å². The maximum Gasteiger partial charge on any atom is 0.150 e. The highest BCUT2D eigenvalue weighted by Gasteiger charge is 2.11. The van der Waals surface area contributed by atoms with Crippen LogP contribution in [0.3, 0.4) is 0 Å². The molecule has 2 aromatic rings. The summed E-state index contributed by atoms with van der Waals surface area (Å²) < 4.78 is 0. The molecule has 0 saturated carbocycles. The number of halogens is 2. The van der Waals surface area contributed by atoms with Crippen molar-refractivity contribution in [2.24, 2.45) is 0 Å². The summed E-state index contributed by atoms with van der Waals surface area (Å²) in [4.78, 5) is 7.23. The predicted molar refractivity (Wildman–Crippen MR) is 64.8 cm³/mol. The van der Waals surface area contributed by atoms with Gasteiger partial charge >= 0.3 is 0 Å². The van der Waals surface area contributed by atoms with E-state index < -0.39 is 0 Å². The van der Waals surface area contributed by atoms with Crippen LogP contribution >= 0.6 is 23.2 Å². The van der Waals surface area contributed by atoms with E-state index in [2.05, 4.69) is 9.97 Å². The molecule has 0 aliphatic heterocycles. The molecular weight excluding hydrogens is 247 g/mol. The number of nitrogens with zero attached hydrogens (tertiary/aromatic N) is 1.